The van der Waals surface area contributed by atoms with Crippen LogP contribution in [0.1, 0.15) is 37.0 Å². The van der Waals surface area contributed by atoms with E-state index in [0.29, 0.717) is 30.2 Å². The van der Waals surface area contributed by atoms with E-state index < -0.39 is 15.9 Å². The summed E-state index contributed by atoms with van der Waals surface area (Å²) in [5.74, 6) is 0.195. The van der Waals surface area contributed by atoms with E-state index in [1.54, 1.807) is 23.1 Å². The Bertz CT molecular complexity index is 1070. The highest BCUT2D eigenvalue weighted by atomic mass is 32.2. The molecule has 0 bridgehead atoms. The molecule has 0 atom stereocenters. The molecule has 31 heavy (non-hydrogen) atoms. The van der Waals surface area contributed by atoms with Crippen molar-refractivity contribution < 1.29 is 27.5 Å². The molecule has 2 aromatic carbocycles. The van der Waals surface area contributed by atoms with Crippen LogP contribution < -0.4 is 24.6 Å². The van der Waals surface area contributed by atoms with Gasteiger partial charge in [-0.1, -0.05) is 0 Å². The van der Waals surface area contributed by atoms with E-state index in [0.717, 1.165) is 6.42 Å². The summed E-state index contributed by atoms with van der Waals surface area (Å²) >= 11 is 0. The van der Waals surface area contributed by atoms with E-state index in [2.05, 4.69) is 10.3 Å². The number of methoxy groups -OCH3 is 1. The summed E-state index contributed by atoms with van der Waals surface area (Å²) in [4.78, 5) is 27.9. The molecule has 1 aliphatic heterocycles. The number of hydrogen-bond donors (Lipinski definition) is 2. The monoisotopic (exact) mass is 447 g/mol. The van der Waals surface area contributed by atoms with E-state index in [4.69, 9.17) is 9.47 Å². The molecular weight excluding hydrogens is 422 g/mol. The van der Waals surface area contributed by atoms with Gasteiger partial charge in [0.15, 0.2) is 11.5 Å². The van der Waals surface area contributed by atoms with Gasteiger partial charge in [0.05, 0.1) is 18.1 Å². The fourth-order valence-corrected chi connectivity index (χ4v) is 3.97. The van der Waals surface area contributed by atoms with E-state index >= 15 is 0 Å². The van der Waals surface area contributed by atoms with Gasteiger partial charge >= 0.3 is 0 Å². The highest BCUT2D eigenvalue weighted by Crippen LogP contribution is 2.29. The lowest BCUT2D eigenvalue weighted by atomic mass is 10.2. The normalized spacial score (nSPS) is 14.1. The maximum atomic E-state index is 12.5. The molecule has 3 rings (SSSR count). The molecule has 2 amide bonds. The Morgan fingerprint density at radius 3 is 2.39 bits per heavy atom. The van der Waals surface area contributed by atoms with Gasteiger partial charge in [0.25, 0.3) is 15.9 Å². The molecule has 2 aromatic rings. The van der Waals surface area contributed by atoms with Crippen LogP contribution in [0.4, 0.5) is 5.69 Å². The zero-order valence-corrected chi connectivity index (χ0v) is 18.4. The highest BCUT2D eigenvalue weighted by molar-refractivity contribution is 7.89. The highest BCUT2D eigenvalue weighted by Gasteiger charge is 2.23. The third-order valence-corrected chi connectivity index (χ3v) is 5.88. The summed E-state index contributed by atoms with van der Waals surface area (Å²) in [7, 11) is -2.55. The molecule has 10 heteroatoms. The van der Waals surface area contributed by atoms with E-state index in [-0.39, 0.29) is 22.5 Å². The largest absolute Gasteiger partial charge is 0.493 e. The molecule has 0 radical (unpaired) electrons. The predicted octanol–water partition coefficient (Wildman–Crippen LogP) is 2.23. The van der Waals surface area contributed by atoms with Crippen molar-refractivity contribution in [1.29, 1.82) is 0 Å². The summed E-state index contributed by atoms with van der Waals surface area (Å²) in [6.45, 7) is 4.35. The third kappa shape index (κ3) is 5.33. The number of carbonyl (C=O) groups is 2. The molecule has 0 unspecified atom stereocenters. The Balaban J connectivity index is 1.67. The SMILES string of the molecule is COc1cc(C(=O)NNS(=O)(=O)c2ccc(N3CCCC3=O)cc2)ccc1OC(C)C. The molecular formula is C21H25N3O6S. The summed E-state index contributed by atoms with van der Waals surface area (Å²) in [6.07, 6.45) is 1.19. The minimum Gasteiger partial charge on any atom is -0.493 e. The number of sulfonamides is 1. The van der Waals surface area contributed by atoms with Crippen LogP contribution in [0.5, 0.6) is 11.5 Å². The van der Waals surface area contributed by atoms with Crippen molar-refractivity contribution in [2.24, 2.45) is 0 Å². The van der Waals surface area contributed by atoms with Crippen molar-refractivity contribution in [2.75, 3.05) is 18.6 Å². The Kier molecular flexibility index (Phi) is 6.81. The Morgan fingerprint density at radius 1 is 1.10 bits per heavy atom. The van der Waals surface area contributed by atoms with E-state index in [1.807, 2.05) is 13.8 Å². The first-order valence-electron chi connectivity index (χ1n) is 9.78. The number of hydrogen-bond acceptors (Lipinski definition) is 6. The van der Waals surface area contributed by atoms with Crippen LogP contribution in [0.15, 0.2) is 47.4 Å². The van der Waals surface area contributed by atoms with Crippen LogP contribution in [-0.2, 0) is 14.8 Å². The van der Waals surface area contributed by atoms with Gasteiger partial charge in [-0.2, -0.15) is 0 Å². The summed E-state index contributed by atoms with van der Waals surface area (Å²) in [5, 5.41) is 0. The molecule has 1 aliphatic rings. The van der Waals surface area contributed by atoms with Gasteiger partial charge in [0.1, 0.15) is 0 Å². The minimum atomic E-state index is -4.00. The number of carbonyl (C=O) groups excluding carboxylic acids is 2. The third-order valence-electron chi connectivity index (χ3n) is 4.62. The number of anilines is 1. The van der Waals surface area contributed by atoms with Gasteiger partial charge in [0.2, 0.25) is 5.91 Å². The number of nitrogens with one attached hydrogen (secondary N) is 2. The summed E-state index contributed by atoms with van der Waals surface area (Å²) in [6, 6.07) is 10.5. The molecule has 2 N–H and O–H groups in total. The molecule has 1 saturated heterocycles. The quantitative estimate of drug-likeness (QED) is 0.600. The second-order valence-electron chi connectivity index (χ2n) is 7.23. The van der Waals surface area contributed by atoms with Gasteiger partial charge in [0, 0.05) is 24.2 Å². The van der Waals surface area contributed by atoms with Crippen LogP contribution >= 0.6 is 0 Å². The molecule has 9 nitrogen and oxygen atoms in total. The van der Waals surface area contributed by atoms with Crippen molar-refractivity contribution in [1.82, 2.24) is 10.3 Å². The lowest BCUT2D eigenvalue weighted by Crippen LogP contribution is -2.41. The first-order chi connectivity index (χ1) is 14.7. The molecule has 0 aromatic heterocycles. The first-order valence-corrected chi connectivity index (χ1v) is 11.3. The van der Waals surface area contributed by atoms with Crippen LogP contribution in [0, 0.1) is 0 Å². The number of nitrogens with zero attached hydrogens (tertiary/aromatic N) is 1. The van der Waals surface area contributed by atoms with Crippen molar-refractivity contribution in [3.63, 3.8) is 0 Å². The minimum absolute atomic E-state index is 0.0150. The van der Waals surface area contributed by atoms with Crippen molar-refractivity contribution in [2.45, 2.75) is 37.7 Å². The van der Waals surface area contributed by atoms with Gasteiger partial charge in [-0.05, 0) is 62.7 Å². The molecule has 166 valence electrons. The predicted molar refractivity (Wildman–Crippen MR) is 115 cm³/mol. The van der Waals surface area contributed by atoms with Crippen LogP contribution in [0.3, 0.4) is 0 Å². The topological polar surface area (TPSA) is 114 Å². The van der Waals surface area contributed by atoms with E-state index in [9.17, 15) is 18.0 Å². The van der Waals surface area contributed by atoms with Crippen LogP contribution in [-0.4, -0.2) is 40.0 Å². The number of amides is 2. The van der Waals surface area contributed by atoms with E-state index in [1.165, 1.54) is 31.4 Å². The molecule has 0 saturated carbocycles. The van der Waals surface area contributed by atoms with Gasteiger partial charge in [-0.15, -0.1) is 4.83 Å². The number of rotatable bonds is 8. The standard InChI is InChI=1S/C21H25N3O6S/c1-14(2)30-18-11-6-15(13-19(18)29-3)21(26)22-23-31(27,28)17-9-7-16(8-10-17)24-12-4-5-20(24)25/h6-11,13-14,23H,4-5,12H2,1-3H3,(H,22,26). The lowest BCUT2D eigenvalue weighted by Gasteiger charge is -2.16. The maximum absolute atomic E-state index is 12.5. The maximum Gasteiger partial charge on any atom is 0.266 e. The Hall–Kier alpha value is -3.11. The fraction of sp³-hybridized carbons (Fsp3) is 0.333. The number of ether oxygens (including phenoxy) is 2. The zero-order chi connectivity index (χ0) is 22.6. The fourth-order valence-electron chi connectivity index (χ4n) is 3.13. The average molecular weight is 448 g/mol. The first kappa shape index (κ1) is 22.6. The zero-order valence-electron chi connectivity index (χ0n) is 17.5. The van der Waals surface area contributed by atoms with Gasteiger partial charge in [-0.3, -0.25) is 15.0 Å². The van der Waals surface area contributed by atoms with Crippen molar-refractivity contribution in [3.8, 4) is 11.5 Å². The number of hydrazine groups is 1. The smallest absolute Gasteiger partial charge is 0.266 e. The molecule has 1 fully saturated rings. The molecule has 0 aliphatic carbocycles. The van der Waals surface area contributed by atoms with Crippen molar-refractivity contribution >= 4 is 27.5 Å². The summed E-state index contributed by atoms with van der Waals surface area (Å²) in [5.41, 5.74) is 3.02. The second-order valence-corrected chi connectivity index (χ2v) is 8.92. The lowest BCUT2D eigenvalue weighted by molar-refractivity contribution is -0.117. The van der Waals surface area contributed by atoms with Gasteiger partial charge in [-0.25, -0.2) is 8.42 Å². The molecule has 1 heterocycles. The Labute approximate surface area is 181 Å². The number of benzene rings is 2. The van der Waals surface area contributed by atoms with Crippen molar-refractivity contribution in [3.05, 3.63) is 48.0 Å². The average Bonchev–Trinajstić information content (AvgIpc) is 3.18. The van der Waals surface area contributed by atoms with Crippen LogP contribution in [0.25, 0.3) is 0 Å². The Morgan fingerprint density at radius 2 is 1.81 bits per heavy atom. The second kappa shape index (κ2) is 9.36. The molecule has 0 spiro atoms. The summed E-state index contributed by atoms with van der Waals surface area (Å²) < 4.78 is 35.9. The van der Waals surface area contributed by atoms with Crippen LogP contribution in [0.2, 0.25) is 0 Å². The van der Waals surface area contributed by atoms with Gasteiger partial charge < -0.3 is 14.4 Å².